The van der Waals surface area contributed by atoms with Gasteiger partial charge in [0.05, 0.1) is 6.61 Å². The summed E-state index contributed by atoms with van der Waals surface area (Å²) in [5, 5.41) is 8.40. The molecule has 4 nitrogen and oxygen atoms in total. The van der Waals surface area contributed by atoms with Crippen molar-refractivity contribution in [3.63, 3.8) is 0 Å². The van der Waals surface area contributed by atoms with Gasteiger partial charge >= 0.3 is 5.97 Å². The summed E-state index contributed by atoms with van der Waals surface area (Å²) >= 11 is 0. The van der Waals surface area contributed by atoms with E-state index in [1.54, 1.807) is 0 Å². The second-order valence-corrected chi connectivity index (χ2v) is 2.24. The Kier molecular flexibility index (Phi) is 6.63. The molecule has 0 amide bonds. The Balaban J connectivity index is 3.57. The van der Waals surface area contributed by atoms with Crippen LogP contribution in [0, 0.1) is 0 Å². The topological polar surface area (TPSA) is 55.8 Å². The Bertz CT molecular complexity index is 186. The van der Waals surface area contributed by atoms with E-state index >= 15 is 0 Å². The van der Waals surface area contributed by atoms with E-state index in [0.29, 0.717) is 6.42 Å². The van der Waals surface area contributed by atoms with Gasteiger partial charge in [0.25, 0.3) is 0 Å². The molecule has 0 aliphatic heterocycles. The van der Waals surface area contributed by atoms with Gasteiger partial charge in [0.15, 0.2) is 5.76 Å². The van der Waals surface area contributed by atoms with E-state index in [9.17, 15) is 4.79 Å². The summed E-state index contributed by atoms with van der Waals surface area (Å²) in [7, 11) is 0. The zero-order valence-corrected chi connectivity index (χ0v) is 7.49. The highest BCUT2D eigenvalue weighted by Crippen LogP contribution is 1.97. The summed E-state index contributed by atoms with van der Waals surface area (Å²) in [4.78, 5) is 11.0. The van der Waals surface area contributed by atoms with Gasteiger partial charge in [-0.1, -0.05) is 12.7 Å². The maximum Gasteiger partial charge on any atom is 0.372 e. The molecule has 13 heavy (non-hydrogen) atoms. The van der Waals surface area contributed by atoms with Gasteiger partial charge in [0, 0.05) is 13.0 Å². The van der Waals surface area contributed by atoms with Gasteiger partial charge in [-0.05, 0) is 6.58 Å². The van der Waals surface area contributed by atoms with Crippen LogP contribution >= 0.6 is 0 Å². The molecule has 4 heteroatoms. The molecule has 0 aromatic heterocycles. The number of aliphatic hydroxyl groups excluding tert-OH is 1. The lowest BCUT2D eigenvalue weighted by atomic mass is 10.5. The van der Waals surface area contributed by atoms with Crippen LogP contribution in [0.25, 0.3) is 0 Å². The van der Waals surface area contributed by atoms with E-state index in [1.807, 2.05) is 0 Å². The fraction of sp³-hybridized carbons (Fsp3) is 0.444. The molecule has 0 atom stereocenters. The van der Waals surface area contributed by atoms with Gasteiger partial charge in [-0.25, -0.2) is 4.79 Å². The molecule has 0 bridgehead atoms. The van der Waals surface area contributed by atoms with Crippen LogP contribution in [0.2, 0.25) is 0 Å². The van der Waals surface area contributed by atoms with Gasteiger partial charge in [-0.3, -0.25) is 0 Å². The number of aliphatic hydroxyl groups is 1. The van der Waals surface area contributed by atoms with Crippen LogP contribution in [0.4, 0.5) is 0 Å². The van der Waals surface area contributed by atoms with Crippen LogP contribution in [-0.2, 0) is 14.3 Å². The SMILES string of the molecule is C=CCOC(=C)C(=O)OCCCO. The summed E-state index contributed by atoms with van der Waals surface area (Å²) in [6.45, 7) is 7.18. The second-order valence-electron chi connectivity index (χ2n) is 2.24. The third-order valence-electron chi connectivity index (χ3n) is 1.14. The summed E-state index contributed by atoms with van der Waals surface area (Å²) < 4.78 is 9.52. The van der Waals surface area contributed by atoms with Crippen molar-refractivity contribution in [3.8, 4) is 0 Å². The number of esters is 1. The molecule has 0 radical (unpaired) electrons. The third kappa shape index (κ3) is 5.93. The predicted molar refractivity (Wildman–Crippen MR) is 48.0 cm³/mol. The van der Waals surface area contributed by atoms with Crippen molar-refractivity contribution in [1.29, 1.82) is 0 Å². The Morgan fingerprint density at radius 1 is 1.46 bits per heavy atom. The van der Waals surface area contributed by atoms with Crippen LogP contribution in [0.3, 0.4) is 0 Å². The average molecular weight is 186 g/mol. The quantitative estimate of drug-likeness (QED) is 0.208. The standard InChI is InChI=1S/C9H14O4/c1-3-6-12-8(2)9(11)13-7-4-5-10/h3,10H,1-2,4-7H2. The first-order valence-corrected chi connectivity index (χ1v) is 3.93. The Morgan fingerprint density at radius 2 is 2.15 bits per heavy atom. The van der Waals surface area contributed by atoms with Gasteiger partial charge in [-0.15, -0.1) is 0 Å². The number of hydrogen-bond donors (Lipinski definition) is 1. The minimum Gasteiger partial charge on any atom is -0.483 e. The summed E-state index contributed by atoms with van der Waals surface area (Å²) in [6.07, 6.45) is 1.92. The summed E-state index contributed by atoms with van der Waals surface area (Å²) in [5.74, 6) is -0.645. The summed E-state index contributed by atoms with van der Waals surface area (Å²) in [6, 6.07) is 0. The molecular formula is C9H14O4. The lowest BCUT2D eigenvalue weighted by molar-refractivity contribution is -0.143. The molecule has 0 rings (SSSR count). The fourth-order valence-electron chi connectivity index (χ4n) is 0.528. The van der Waals surface area contributed by atoms with Crippen LogP contribution in [0.15, 0.2) is 25.0 Å². The Morgan fingerprint density at radius 3 is 2.69 bits per heavy atom. The first-order valence-electron chi connectivity index (χ1n) is 3.93. The molecule has 0 unspecified atom stereocenters. The van der Waals surface area contributed by atoms with Crippen molar-refractivity contribution in [3.05, 3.63) is 25.0 Å². The number of carbonyl (C=O) groups is 1. The molecule has 0 aromatic rings. The number of carbonyl (C=O) groups excluding carboxylic acids is 1. The van der Waals surface area contributed by atoms with Crippen molar-refractivity contribution < 1.29 is 19.4 Å². The minimum absolute atomic E-state index is 0.00668. The van der Waals surface area contributed by atoms with Gasteiger partial charge in [0.2, 0.25) is 0 Å². The van der Waals surface area contributed by atoms with E-state index in [2.05, 4.69) is 17.9 Å². The first kappa shape index (κ1) is 11.7. The highest BCUT2D eigenvalue weighted by molar-refractivity contribution is 5.85. The Hall–Kier alpha value is -1.29. The van der Waals surface area contributed by atoms with Gasteiger partial charge in [-0.2, -0.15) is 0 Å². The molecule has 1 N–H and O–H groups in total. The highest BCUT2D eigenvalue weighted by atomic mass is 16.6. The van der Waals surface area contributed by atoms with Crippen LogP contribution in [0.5, 0.6) is 0 Å². The molecule has 0 aromatic carbocycles. The van der Waals surface area contributed by atoms with Crippen molar-refractivity contribution in [1.82, 2.24) is 0 Å². The molecule has 74 valence electrons. The lowest BCUT2D eigenvalue weighted by Gasteiger charge is -2.06. The van der Waals surface area contributed by atoms with E-state index in [-0.39, 0.29) is 25.6 Å². The normalized spacial score (nSPS) is 9.00. The van der Waals surface area contributed by atoms with E-state index < -0.39 is 5.97 Å². The van der Waals surface area contributed by atoms with Gasteiger partial charge in [0.1, 0.15) is 6.61 Å². The fourth-order valence-corrected chi connectivity index (χ4v) is 0.528. The monoisotopic (exact) mass is 186 g/mol. The van der Waals surface area contributed by atoms with E-state index in [4.69, 9.17) is 9.84 Å². The minimum atomic E-state index is -0.602. The van der Waals surface area contributed by atoms with E-state index in [1.165, 1.54) is 6.08 Å². The second kappa shape index (κ2) is 7.36. The molecule has 0 spiro atoms. The number of ether oxygens (including phenoxy) is 2. The summed E-state index contributed by atoms with van der Waals surface area (Å²) in [5.41, 5.74) is 0. The maximum absolute atomic E-state index is 11.0. The number of rotatable bonds is 7. The smallest absolute Gasteiger partial charge is 0.372 e. The lowest BCUT2D eigenvalue weighted by Crippen LogP contribution is -2.11. The highest BCUT2D eigenvalue weighted by Gasteiger charge is 2.08. The molecule has 0 saturated heterocycles. The molecule has 0 aliphatic carbocycles. The van der Waals surface area contributed by atoms with Crippen LogP contribution < -0.4 is 0 Å². The predicted octanol–water partition coefficient (Wildman–Crippen LogP) is 0.628. The van der Waals surface area contributed by atoms with Crippen molar-refractivity contribution in [2.45, 2.75) is 6.42 Å². The maximum atomic E-state index is 11.0. The van der Waals surface area contributed by atoms with Crippen LogP contribution in [-0.4, -0.2) is 30.9 Å². The Labute approximate surface area is 77.5 Å². The average Bonchev–Trinajstić information content (AvgIpc) is 2.14. The van der Waals surface area contributed by atoms with Crippen molar-refractivity contribution in [2.75, 3.05) is 19.8 Å². The molecule has 0 aliphatic rings. The third-order valence-corrected chi connectivity index (χ3v) is 1.14. The molecule has 0 fully saturated rings. The van der Waals surface area contributed by atoms with Gasteiger partial charge < -0.3 is 14.6 Å². The van der Waals surface area contributed by atoms with Crippen molar-refractivity contribution >= 4 is 5.97 Å². The number of hydrogen-bond acceptors (Lipinski definition) is 4. The molecular weight excluding hydrogens is 172 g/mol. The zero-order valence-electron chi connectivity index (χ0n) is 7.49. The first-order chi connectivity index (χ1) is 6.22. The van der Waals surface area contributed by atoms with Crippen molar-refractivity contribution in [2.24, 2.45) is 0 Å². The van der Waals surface area contributed by atoms with E-state index in [0.717, 1.165) is 0 Å². The molecule has 0 saturated carbocycles. The largest absolute Gasteiger partial charge is 0.483 e. The van der Waals surface area contributed by atoms with Crippen LogP contribution in [0.1, 0.15) is 6.42 Å². The molecule has 0 heterocycles. The zero-order chi connectivity index (χ0) is 10.1.